The Hall–Kier alpha value is -1.98. The predicted octanol–water partition coefficient (Wildman–Crippen LogP) is 0.556. The summed E-state index contributed by atoms with van der Waals surface area (Å²) in [6.07, 6.45) is 1.54. The molecule has 0 aliphatic heterocycles. The van der Waals surface area contributed by atoms with Crippen molar-refractivity contribution < 1.29 is 14.0 Å². The van der Waals surface area contributed by atoms with Gasteiger partial charge >= 0.3 is 6.03 Å². The average molecular weight is 239 g/mol. The Morgan fingerprint density at radius 1 is 1.47 bits per heavy atom. The van der Waals surface area contributed by atoms with Crippen LogP contribution in [-0.2, 0) is 11.3 Å². The number of nitrogens with one attached hydrogen (secondary N) is 2. The van der Waals surface area contributed by atoms with Gasteiger partial charge in [-0.05, 0) is 19.1 Å². The van der Waals surface area contributed by atoms with Gasteiger partial charge in [0, 0.05) is 14.1 Å². The largest absolute Gasteiger partial charge is 0.467 e. The summed E-state index contributed by atoms with van der Waals surface area (Å²) in [5, 5.41) is 5.22. The molecule has 0 aliphatic carbocycles. The molecule has 0 saturated heterocycles. The number of urea groups is 1. The fourth-order valence-corrected chi connectivity index (χ4v) is 1.12. The van der Waals surface area contributed by atoms with Crippen LogP contribution in [0.1, 0.15) is 12.7 Å². The molecule has 1 rings (SSSR count). The van der Waals surface area contributed by atoms with E-state index in [4.69, 9.17) is 4.42 Å². The molecule has 1 aromatic rings. The van der Waals surface area contributed by atoms with Crippen molar-refractivity contribution in [2.45, 2.75) is 19.5 Å². The van der Waals surface area contributed by atoms with Crippen molar-refractivity contribution in [3.8, 4) is 0 Å². The van der Waals surface area contributed by atoms with Gasteiger partial charge in [0.25, 0.3) is 0 Å². The Kier molecular flexibility index (Phi) is 4.56. The van der Waals surface area contributed by atoms with Crippen LogP contribution in [0.25, 0.3) is 0 Å². The number of nitrogens with zero attached hydrogens (tertiary/aromatic N) is 1. The first-order valence-corrected chi connectivity index (χ1v) is 5.28. The zero-order chi connectivity index (χ0) is 12.8. The smallest absolute Gasteiger partial charge is 0.317 e. The highest BCUT2D eigenvalue weighted by Gasteiger charge is 2.16. The van der Waals surface area contributed by atoms with Crippen molar-refractivity contribution in [2.75, 3.05) is 14.1 Å². The maximum atomic E-state index is 11.6. The summed E-state index contributed by atoms with van der Waals surface area (Å²) in [6.45, 7) is 1.94. The SMILES string of the molecule is C[C@@H](NC(=O)N(C)C)C(=O)NCc1ccco1. The third-order valence-electron chi connectivity index (χ3n) is 2.16. The van der Waals surface area contributed by atoms with E-state index < -0.39 is 6.04 Å². The molecule has 0 unspecified atom stereocenters. The van der Waals surface area contributed by atoms with Gasteiger partial charge in [0.1, 0.15) is 11.8 Å². The minimum Gasteiger partial charge on any atom is -0.467 e. The molecule has 0 aliphatic rings. The summed E-state index contributed by atoms with van der Waals surface area (Å²) in [4.78, 5) is 24.3. The van der Waals surface area contributed by atoms with Gasteiger partial charge in [-0.3, -0.25) is 4.79 Å². The lowest BCUT2D eigenvalue weighted by Crippen LogP contribution is -2.47. The Labute approximate surface area is 100.0 Å². The lowest BCUT2D eigenvalue weighted by Gasteiger charge is -2.17. The summed E-state index contributed by atoms with van der Waals surface area (Å²) >= 11 is 0. The van der Waals surface area contributed by atoms with Crippen LogP contribution in [0.15, 0.2) is 22.8 Å². The molecule has 0 aromatic carbocycles. The molecule has 17 heavy (non-hydrogen) atoms. The van der Waals surface area contributed by atoms with Gasteiger partial charge in [0.15, 0.2) is 0 Å². The summed E-state index contributed by atoms with van der Waals surface area (Å²) in [6, 6.07) is 2.63. The molecule has 1 atom stereocenters. The van der Waals surface area contributed by atoms with Gasteiger partial charge < -0.3 is 20.0 Å². The molecule has 6 heteroatoms. The van der Waals surface area contributed by atoms with Crippen LogP contribution in [-0.4, -0.2) is 37.0 Å². The number of amides is 3. The van der Waals surface area contributed by atoms with Gasteiger partial charge in [-0.2, -0.15) is 0 Å². The average Bonchev–Trinajstić information content (AvgIpc) is 2.78. The molecule has 1 aromatic heterocycles. The monoisotopic (exact) mass is 239 g/mol. The Morgan fingerprint density at radius 3 is 2.71 bits per heavy atom. The third-order valence-corrected chi connectivity index (χ3v) is 2.16. The Morgan fingerprint density at radius 2 is 2.18 bits per heavy atom. The van der Waals surface area contributed by atoms with Gasteiger partial charge in [-0.15, -0.1) is 0 Å². The van der Waals surface area contributed by atoms with E-state index in [0.29, 0.717) is 12.3 Å². The van der Waals surface area contributed by atoms with Crippen LogP contribution >= 0.6 is 0 Å². The zero-order valence-corrected chi connectivity index (χ0v) is 10.2. The zero-order valence-electron chi connectivity index (χ0n) is 10.2. The first-order chi connectivity index (χ1) is 8.00. The highest BCUT2D eigenvalue weighted by molar-refractivity contribution is 5.86. The lowest BCUT2D eigenvalue weighted by atomic mass is 10.3. The van der Waals surface area contributed by atoms with E-state index in [1.165, 1.54) is 4.90 Å². The second-order valence-electron chi connectivity index (χ2n) is 3.86. The maximum absolute atomic E-state index is 11.6. The van der Waals surface area contributed by atoms with Crippen LogP contribution in [0.2, 0.25) is 0 Å². The van der Waals surface area contributed by atoms with E-state index in [-0.39, 0.29) is 11.9 Å². The molecule has 0 saturated carbocycles. The minimum absolute atomic E-state index is 0.253. The second kappa shape index (κ2) is 5.93. The van der Waals surface area contributed by atoms with Gasteiger partial charge in [-0.25, -0.2) is 4.79 Å². The molecular formula is C11H17N3O3. The molecular weight excluding hydrogens is 222 g/mol. The predicted molar refractivity (Wildman–Crippen MR) is 62.2 cm³/mol. The summed E-state index contributed by atoms with van der Waals surface area (Å²) in [7, 11) is 3.23. The van der Waals surface area contributed by atoms with Crippen molar-refractivity contribution in [1.29, 1.82) is 0 Å². The quantitative estimate of drug-likeness (QED) is 0.806. The van der Waals surface area contributed by atoms with E-state index in [0.717, 1.165) is 0 Å². The van der Waals surface area contributed by atoms with Crippen molar-refractivity contribution in [3.63, 3.8) is 0 Å². The number of rotatable bonds is 4. The Balaban J connectivity index is 2.34. The fourth-order valence-electron chi connectivity index (χ4n) is 1.12. The van der Waals surface area contributed by atoms with E-state index in [1.54, 1.807) is 39.4 Å². The van der Waals surface area contributed by atoms with Crippen LogP contribution < -0.4 is 10.6 Å². The number of furan rings is 1. The third kappa shape index (κ3) is 4.18. The molecule has 2 N–H and O–H groups in total. The fraction of sp³-hybridized carbons (Fsp3) is 0.455. The standard InChI is InChI=1S/C11H17N3O3/c1-8(13-11(16)14(2)3)10(15)12-7-9-5-4-6-17-9/h4-6,8H,7H2,1-3H3,(H,12,15)(H,13,16)/t8-/m1/s1. The number of hydrogen-bond donors (Lipinski definition) is 2. The molecule has 0 bridgehead atoms. The van der Waals surface area contributed by atoms with Gasteiger partial charge in [0.2, 0.25) is 5.91 Å². The van der Waals surface area contributed by atoms with Crippen LogP contribution in [0.4, 0.5) is 4.79 Å². The van der Waals surface area contributed by atoms with Crippen molar-refractivity contribution >= 4 is 11.9 Å². The van der Waals surface area contributed by atoms with Crippen LogP contribution in [0.5, 0.6) is 0 Å². The van der Waals surface area contributed by atoms with E-state index in [1.807, 2.05) is 0 Å². The molecule has 3 amide bonds. The van der Waals surface area contributed by atoms with Crippen molar-refractivity contribution in [1.82, 2.24) is 15.5 Å². The molecule has 1 heterocycles. The van der Waals surface area contributed by atoms with E-state index in [9.17, 15) is 9.59 Å². The molecule has 0 radical (unpaired) electrons. The van der Waals surface area contributed by atoms with Crippen LogP contribution in [0, 0.1) is 0 Å². The maximum Gasteiger partial charge on any atom is 0.317 e. The van der Waals surface area contributed by atoms with Crippen molar-refractivity contribution in [3.05, 3.63) is 24.2 Å². The number of carbonyl (C=O) groups is 2. The van der Waals surface area contributed by atoms with Gasteiger partial charge in [-0.1, -0.05) is 0 Å². The molecule has 0 fully saturated rings. The first-order valence-electron chi connectivity index (χ1n) is 5.28. The Bertz CT molecular complexity index is 373. The second-order valence-corrected chi connectivity index (χ2v) is 3.86. The molecule has 6 nitrogen and oxygen atoms in total. The van der Waals surface area contributed by atoms with E-state index >= 15 is 0 Å². The lowest BCUT2D eigenvalue weighted by molar-refractivity contribution is -0.122. The summed E-state index contributed by atoms with van der Waals surface area (Å²) in [5.74, 6) is 0.418. The van der Waals surface area contributed by atoms with Crippen molar-refractivity contribution in [2.24, 2.45) is 0 Å². The minimum atomic E-state index is -0.583. The molecule has 0 spiro atoms. The van der Waals surface area contributed by atoms with Crippen LogP contribution in [0.3, 0.4) is 0 Å². The number of hydrogen-bond acceptors (Lipinski definition) is 3. The van der Waals surface area contributed by atoms with E-state index in [2.05, 4.69) is 10.6 Å². The topological polar surface area (TPSA) is 74.6 Å². The summed E-state index contributed by atoms with van der Waals surface area (Å²) in [5.41, 5.74) is 0. The highest BCUT2D eigenvalue weighted by Crippen LogP contribution is 1.98. The first kappa shape index (κ1) is 13.1. The van der Waals surface area contributed by atoms with Gasteiger partial charge in [0.05, 0.1) is 12.8 Å². The highest BCUT2D eigenvalue weighted by atomic mass is 16.3. The molecule has 94 valence electrons. The normalized spacial score (nSPS) is 11.7. The number of carbonyl (C=O) groups excluding carboxylic acids is 2. The summed E-state index contributed by atoms with van der Waals surface area (Å²) < 4.78 is 5.07.